The molecule has 0 rings (SSSR count). The highest BCUT2D eigenvalue weighted by Crippen LogP contribution is 2.07. The molecule has 0 aromatic carbocycles. The summed E-state index contributed by atoms with van der Waals surface area (Å²) >= 11 is 0. The number of allylic oxidation sites excluding steroid dienone is 4. The zero-order valence-electron chi connectivity index (χ0n) is 12.6. The van der Waals surface area contributed by atoms with Gasteiger partial charge < -0.3 is 5.32 Å². The number of carbonyl (C=O) groups excluding carboxylic acids is 1. The molecule has 1 unspecified atom stereocenters. The first-order valence-electron chi connectivity index (χ1n) is 6.73. The second kappa shape index (κ2) is 13.8. The standard InChI is InChI=1S/C12H19NO.C4H10/c1-5-7-8-12(6-2)9-10(3)13-11(4)14;1-3-4-2/h5-8,10H,1,9H2,2-4H3,(H,13,14);3-4H2,1-2H3/b8-7-,12-6+;. The molecule has 2 heteroatoms. The van der Waals surface area contributed by atoms with Gasteiger partial charge in [0.25, 0.3) is 0 Å². The minimum absolute atomic E-state index is 0.0145. The van der Waals surface area contributed by atoms with E-state index in [1.54, 1.807) is 6.08 Å². The third kappa shape index (κ3) is 14.7. The van der Waals surface area contributed by atoms with Crippen molar-refractivity contribution in [2.24, 2.45) is 0 Å². The van der Waals surface area contributed by atoms with Gasteiger partial charge in [-0.1, -0.05) is 63.1 Å². The van der Waals surface area contributed by atoms with Gasteiger partial charge in [-0.05, 0) is 20.3 Å². The Balaban J connectivity index is 0. The Hall–Kier alpha value is -1.31. The van der Waals surface area contributed by atoms with Crippen LogP contribution < -0.4 is 5.32 Å². The smallest absolute Gasteiger partial charge is 0.217 e. The zero-order valence-corrected chi connectivity index (χ0v) is 12.6. The Bertz CT molecular complexity index is 275. The van der Waals surface area contributed by atoms with Crippen molar-refractivity contribution < 1.29 is 4.79 Å². The number of unbranched alkanes of at least 4 members (excludes halogenated alkanes) is 1. The predicted molar refractivity (Wildman–Crippen MR) is 81.6 cm³/mol. The van der Waals surface area contributed by atoms with Crippen molar-refractivity contribution in [3.63, 3.8) is 0 Å². The van der Waals surface area contributed by atoms with E-state index in [9.17, 15) is 4.79 Å². The van der Waals surface area contributed by atoms with E-state index < -0.39 is 0 Å². The van der Waals surface area contributed by atoms with E-state index in [0.717, 1.165) is 6.42 Å². The molecule has 2 nitrogen and oxygen atoms in total. The van der Waals surface area contributed by atoms with Gasteiger partial charge >= 0.3 is 0 Å². The largest absolute Gasteiger partial charge is 0.354 e. The number of nitrogens with one attached hydrogen (secondary N) is 1. The van der Waals surface area contributed by atoms with Gasteiger partial charge in [0.15, 0.2) is 0 Å². The molecule has 0 heterocycles. The lowest BCUT2D eigenvalue weighted by Crippen LogP contribution is -2.30. The second-order valence-corrected chi connectivity index (χ2v) is 4.26. The van der Waals surface area contributed by atoms with Gasteiger partial charge in [-0.2, -0.15) is 0 Å². The fourth-order valence-electron chi connectivity index (χ4n) is 1.23. The summed E-state index contributed by atoms with van der Waals surface area (Å²) in [5.41, 5.74) is 1.20. The molecule has 1 N–H and O–H groups in total. The van der Waals surface area contributed by atoms with Crippen molar-refractivity contribution >= 4 is 5.91 Å². The fraction of sp³-hybridized carbons (Fsp3) is 0.562. The van der Waals surface area contributed by atoms with E-state index in [2.05, 4.69) is 25.7 Å². The summed E-state index contributed by atoms with van der Waals surface area (Å²) in [5, 5.41) is 2.84. The molecule has 0 aliphatic carbocycles. The van der Waals surface area contributed by atoms with Crippen molar-refractivity contribution in [1.29, 1.82) is 0 Å². The molecule has 1 amide bonds. The summed E-state index contributed by atoms with van der Waals surface area (Å²) in [6.07, 6.45) is 11.2. The van der Waals surface area contributed by atoms with E-state index >= 15 is 0 Å². The van der Waals surface area contributed by atoms with Gasteiger partial charge in [-0.25, -0.2) is 0 Å². The Labute approximate surface area is 113 Å². The number of hydrogen-bond acceptors (Lipinski definition) is 1. The maximum atomic E-state index is 10.8. The van der Waals surface area contributed by atoms with Crippen molar-refractivity contribution in [2.45, 2.75) is 59.9 Å². The van der Waals surface area contributed by atoms with Gasteiger partial charge in [0, 0.05) is 13.0 Å². The van der Waals surface area contributed by atoms with Gasteiger partial charge in [-0.15, -0.1) is 0 Å². The number of rotatable bonds is 6. The van der Waals surface area contributed by atoms with Crippen LogP contribution in [0.4, 0.5) is 0 Å². The minimum atomic E-state index is 0.0145. The number of amides is 1. The highest BCUT2D eigenvalue weighted by molar-refractivity contribution is 5.73. The SMILES string of the molecule is C=C/C=C\C(=C/C)CC(C)NC(C)=O.CCCC. The van der Waals surface area contributed by atoms with E-state index in [0.29, 0.717) is 0 Å². The molecule has 0 bridgehead atoms. The quantitative estimate of drug-likeness (QED) is 0.697. The highest BCUT2D eigenvalue weighted by Gasteiger charge is 2.03. The molecule has 0 saturated heterocycles. The van der Waals surface area contributed by atoms with Gasteiger partial charge in [0.2, 0.25) is 5.91 Å². The molecule has 0 fully saturated rings. The molecule has 1 atom stereocenters. The first-order valence-corrected chi connectivity index (χ1v) is 6.73. The molecule has 104 valence electrons. The molecule has 0 spiro atoms. The van der Waals surface area contributed by atoms with E-state index in [4.69, 9.17) is 0 Å². The zero-order chi connectivity index (χ0) is 14.4. The topological polar surface area (TPSA) is 29.1 Å². The van der Waals surface area contributed by atoms with Gasteiger partial charge in [-0.3, -0.25) is 4.79 Å². The minimum Gasteiger partial charge on any atom is -0.354 e. The van der Waals surface area contributed by atoms with Crippen LogP contribution in [0.5, 0.6) is 0 Å². The molecule has 0 aliphatic rings. The van der Waals surface area contributed by atoms with Crippen LogP contribution in [-0.4, -0.2) is 11.9 Å². The maximum absolute atomic E-state index is 10.8. The first-order chi connectivity index (χ1) is 8.51. The van der Waals surface area contributed by atoms with Crippen LogP contribution in [0.2, 0.25) is 0 Å². The number of carbonyl (C=O) groups is 1. The summed E-state index contributed by atoms with van der Waals surface area (Å²) in [7, 11) is 0. The first kappa shape index (κ1) is 19.0. The molecule has 0 aromatic heterocycles. The molecule has 18 heavy (non-hydrogen) atoms. The Morgan fingerprint density at radius 1 is 1.33 bits per heavy atom. The van der Waals surface area contributed by atoms with Crippen molar-refractivity contribution in [1.82, 2.24) is 5.32 Å². The summed E-state index contributed by atoms with van der Waals surface area (Å²) < 4.78 is 0. The lowest BCUT2D eigenvalue weighted by molar-refractivity contribution is -0.119. The van der Waals surface area contributed by atoms with Gasteiger partial charge in [0.1, 0.15) is 0 Å². The second-order valence-electron chi connectivity index (χ2n) is 4.26. The maximum Gasteiger partial charge on any atom is 0.217 e. The molecular weight excluding hydrogens is 222 g/mol. The van der Waals surface area contributed by atoms with E-state index in [-0.39, 0.29) is 11.9 Å². The summed E-state index contributed by atoms with van der Waals surface area (Å²) in [6, 6.07) is 0.174. The summed E-state index contributed by atoms with van der Waals surface area (Å²) in [5.74, 6) is 0.0145. The third-order valence-corrected chi connectivity index (χ3v) is 2.31. The van der Waals surface area contributed by atoms with Crippen molar-refractivity contribution in [3.8, 4) is 0 Å². The van der Waals surface area contributed by atoms with Gasteiger partial charge in [0.05, 0.1) is 0 Å². The van der Waals surface area contributed by atoms with E-state index in [1.165, 1.54) is 25.3 Å². The van der Waals surface area contributed by atoms with Crippen LogP contribution in [0, 0.1) is 0 Å². The summed E-state index contributed by atoms with van der Waals surface area (Å²) in [6.45, 7) is 13.5. The van der Waals surface area contributed by atoms with Crippen molar-refractivity contribution in [3.05, 3.63) is 36.5 Å². The normalized spacial score (nSPS) is 12.6. The number of hydrogen-bond donors (Lipinski definition) is 1. The molecule has 0 aromatic rings. The molecular formula is C16H29NO. The van der Waals surface area contributed by atoms with Crippen LogP contribution in [-0.2, 0) is 4.79 Å². The van der Waals surface area contributed by atoms with Crippen LogP contribution in [0.1, 0.15) is 53.9 Å². The average molecular weight is 251 g/mol. The lowest BCUT2D eigenvalue weighted by atomic mass is 10.1. The monoisotopic (exact) mass is 251 g/mol. The highest BCUT2D eigenvalue weighted by atomic mass is 16.1. The third-order valence-electron chi connectivity index (χ3n) is 2.31. The average Bonchev–Trinajstić information content (AvgIpc) is 2.33. The van der Waals surface area contributed by atoms with Crippen LogP contribution in [0.25, 0.3) is 0 Å². The van der Waals surface area contributed by atoms with Crippen LogP contribution in [0.15, 0.2) is 36.5 Å². The Morgan fingerprint density at radius 3 is 2.22 bits per heavy atom. The lowest BCUT2D eigenvalue weighted by Gasteiger charge is -2.12. The Morgan fingerprint density at radius 2 is 1.89 bits per heavy atom. The van der Waals surface area contributed by atoms with E-state index in [1.807, 2.05) is 32.1 Å². The molecule has 0 radical (unpaired) electrons. The van der Waals surface area contributed by atoms with Crippen molar-refractivity contribution in [2.75, 3.05) is 0 Å². The predicted octanol–water partition coefficient (Wildman–Crippen LogP) is 4.40. The summed E-state index contributed by atoms with van der Waals surface area (Å²) in [4.78, 5) is 10.8. The Kier molecular flexibility index (Phi) is 14.5. The van der Waals surface area contributed by atoms with Crippen LogP contribution in [0.3, 0.4) is 0 Å². The molecule has 0 aliphatic heterocycles. The molecule has 0 saturated carbocycles. The van der Waals surface area contributed by atoms with Crippen LogP contribution >= 0.6 is 0 Å². The fourth-order valence-corrected chi connectivity index (χ4v) is 1.23.